The van der Waals surface area contributed by atoms with Crippen molar-refractivity contribution in [3.05, 3.63) is 83.7 Å². The minimum atomic E-state index is -3.57. The predicted molar refractivity (Wildman–Crippen MR) is 148 cm³/mol. The Morgan fingerprint density at radius 1 is 1.03 bits per heavy atom. The van der Waals surface area contributed by atoms with Gasteiger partial charge in [-0.2, -0.15) is 4.31 Å². The zero-order valence-electron chi connectivity index (χ0n) is 21.0. The van der Waals surface area contributed by atoms with Gasteiger partial charge >= 0.3 is 0 Å². The van der Waals surface area contributed by atoms with E-state index in [1.165, 1.54) is 27.8 Å². The topological polar surface area (TPSA) is 83.5 Å². The Hall–Kier alpha value is -3.14. The van der Waals surface area contributed by atoms with Gasteiger partial charge in [-0.25, -0.2) is 13.4 Å². The number of fused-ring (bicyclic) bond motifs is 1. The number of aromatic nitrogens is 2. The Morgan fingerprint density at radius 2 is 1.78 bits per heavy atom. The largest absolute Gasteiger partial charge is 0.279 e. The Bertz CT molecular complexity index is 1490. The first kappa shape index (κ1) is 25.5. The van der Waals surface area contributed by atoms with E-state index in [0.717, 1.165) is 40.6 Å². The molecule has 9 heteroatoms. The highest BCUT2D eigenvalue weighted by molar-refractivity contribution is 7.89. The highest BCUT2D eigenvalue weighted by Crippen LogP contribution is 2.35. The molecule has 0 saturated carbocycles. The number of rotatable bonds is 7. The Labute approximate surface area is 221 Å². The molecule has 5 rings (SSSR count). The maximum Gasteiger partial charge on any atom is 0.260 e. The van der Waals surface area contributed by atoms with Crippen LogP contribution in [0.15, 0.2) is 71.9 Å². The number of piperidine rings is 1. The number of anilines is 1. The molecule has 0 N–H and O–H groups in total. The van der Waals surface area contributed by atoms with E-state index >= 15 is 0 Å². The molecule has 3 heterocycles. The molecule has 2 aromatic carbocycles. The molecule has 1 aliphatic rings. The van der Waals surface area contributed by atoms with Crippen LogP contribution in [-0.2, 0) is 16.6 Å². The average Bonchev–Trinajstić information content (AvgIpc) is 3.36. The van der Waals surface area contributed by atoms with Crippen molar-refractivity contribution in [1.82, 2.24) is 14.3 Å². The second kappa shape index (κ2) is 10.7. The normalized spacial score (nSPS) is 14.8. The van der Waals surface area contributed by atoms with Crippen molar-refractivity contribution < 1.29 is 13.2 Å². The summed E-state index contributed by atoms with van der Waals surface area (Å²) in [6.45, 7) is 5.64. The van der Waals surface area contributed by atoms with E-state index in [2.05, 4.69) is 24.9 Å². The average molecular weight is 535 g/mol. The molecule has 0 aliphatic carbocycles. The third-order valence-electron chi connectivity index (χ3n) is 6.65. The zero-order valence-corrected chi connectivity index (χ0v) is 22.6. The summed E-state index contributed by atoms with van der Waals surface area (Å²) >= 11 is 1.48. The van der Waals surface area contributed by atoms with Gasteiger partial charge in [0.25, 0.3) is 5.91 Å². The molecule has 1 saturated heterocycles. The summed E-state index contributed by atoms with van der Waals surface area (Å²) in [5.41, 5.74) is 3.33. The van der Waals surface area contributed by atoms with E-state index in [9.17, 15) is 13.2 Å². The third kappa shape index (κ3) is 5.30. The molecule has 0 unspecified atom stereocenters. The fourth-order valence-corrected chi connectivity index (χ4v) is 7.13. The number of carbonyl (C=O) groups excluding carboxylic acids is 1. The van der Waals surface area contributed by atoms with Gasteiger partial charge in [-0.1, -0.05) is 49.8 Å². The van der Waals surface area contributed by atoms with Crippen LogP contribution >= 0.6 is 11.3 Å². The van der Waals surface area contributed by atoms with Gasteiger partial charge in [0.15, 0.2) is 5.13 Å². The summed E-state index contributed by atoms with van der Waals surface area (Å²) in [6, 6.07) is 16.2. The molecule has 37 heavy (non-hydrogen) atoms. The van der Waals surface area contributed by atoms with Crippen LogP contribution in [0.5, 0.6) is 0 Å². The molecule has 1 fully saturated rings. The van der Waals surface area contributed by atoms with Crippen LogP contribution in [0.3, 0.4) is 0 Å². The molecule has 0 atom stereocenters. The Morgan fingerprint density at radius 3 is 2.46 bits per heavy atom. The Balaban J connectivity index is 1.49. The number of hydrogen-bond donors (Lipinski definition) is 0. The molecular formula is C28H30N4O3S2. The Kier molecular flexibility index (Phi) is 7.37. The van der Waals surface area contributed by atoms with Crippen LogP contribution in [-0.4, -0.2) is 41.7 Å². The fourth-order valence-electron chi connectivity index (χ4n) is 4.62. The lowest BCUT2D eigenvalue weighted by Crippen LogP contribution is -2.35. The number of benzene rings is 2. The number of thiazole rings is 1. The van der Waals surface area contributed by atoms with Crippen molar-refractivity contribution in [1.29, 1.82) is 0 Å². The van der Waals surface area contributed by atoms with E-state index in [4.69, 9.17) is 4.98 Å². The lowest BCUT2D eigenvalue weighted by Gasteiger charge is -2.26. The van der Waals surface area contributed by atoms with Crippen LogP contribution in [0.2, 0.25) is 0 Å². The van der Waals surface area contributed by atoms with E-state index in [1.807, 2.05) is 24.3 Å². The summed E-state index contributed by atoms with van der Waals surface area (Å²) in [5.74, 6) is 0.0615. The molecule has 2 aromatic heterocycles. The van der Waals surface area contributed by atoms with Crippen molar-refractivity contribution >= 4 is 42.6 Å². The lowest BCUT2D eigenvalue weighted by atomic mass is 10.0. The number of hydrogen-bond acceptors (Lipinski definition) is 6. The lowest BCUT2D eigenvalue weighted by molar-refractivity contribution is 0.0985. The second-order valence-electron chi connectivity index (χ2n) is 9.59. The van der Waals surface area contributed by atoms with Crippen LogP contribution < -0.4 is 4.90 Å². The number of sulfonamides is 1. The predicted octanol–water partition coefficient (Wildman–Crippen LogP) is 5.84. The zero-order chi connectivity index (χ0) is 26.0. The van der Waals surface area contributed by atoms with E-state index in [0.29, 0.717) is 36.2 Å². The minimum Gasteiger partial charge on any atom is -0.279 e. The quantitative estimate of drug-likeness (QED) is 0.298. The van der Waals surface area contributed by atoms with Gasteiger partial charge in [0, 0.05) is 31.0 Å². The standard InChI is InChI=1S/C28H30N4O3S2/c1-20(2)24-9-6-10-25-26(24)30-28(36-25)32(19-21-8-7-15-29-18-21)27(33)22-11-13-23(14-12-22)37(34,35)31-16-4-3-5-17-31/h6-15,18,20H,3-5,16-17,19H2,1-2H3. The first-order valence-corrected chi connectivity index (χ1v) is 14.8. The van der Waals surface area contributed by atoms with Crippen molar-refractivity contribution in [2.75, 3.05) is 18.0 Å². The molecular weight excluding hydrogens is 504 g/mol. The summed E-state index contributed by atoms with van der Waals surface area (Å²) < 4.78 is 28.7. The number of amides is 1. The molecule has 1 amide bonds. The molecule has 0 radical (unpaired) electrons. The number of carbonyl (C=O) groups is 1. The summed E-state index contributed by atoms with van der Waals surface area (Å²) in [7, 11) is -3.57. The molecule has 1 aliphatic heterocycles. The SMILES string of the molecule is CC(C)c1cccc2sc(N(Cc3cccnc3)C(=O)c3ccc(S(=O)(=O)N4CCCCC4)cc3)nc12. The van der Waals surface area contributed by atoms with Crippen molar-refractivity contribution in [3.8, 4) is 0 Å². The molecule has 4 aromatic rings. The van der Waals surface area contributed by atoms with Crippen molar-refractivity contribution in [2.45, 2.75) is 50.5 Å². The number of pyridine rings is 1. The monoisotopic (exact) mass is 534 g/mol. The highest BCUT2D eigenvalue weighted by atomic mass is 32.2. The van der Waals surface area contributed by atoms with Crippen molar-refractivity contribution in [3.63, 3.8) is 0 Å². The molecule has 192 valence electrons. The van der Waals surface area contributed by atoms with Gasteiger partial charge in [0.1, 0.15) is 0 Å². The minimum absolute atomic E-state index is 0.214. The highest BCUT2D eigenvalue weighted by Gasteiger charge is 2.27. The van der Waals surface area contributed by atoms with E-state index in [1.54, 1.807) is 29.4 Å². The smallest absolute Gasteiger partial charge is 0.260 e. The molecule has 0 bridgehead atoms. The summed E-state index contributed by atoms with van der Waals surface area (Å²) in [6.07, 6.45) is 6.24. The van der Waals surface area contributed by atoms with Gasteiger partial charge in [-0.3, -0.25) is 14.7 Å². The number of para-hydroxylation sites is 1. The second-order valence-corrected chi connectivity index (χ2v) is 12.5. The maximum absolute atomic E-state index is 13.8. The number of nitrogens with zero attached hydrogens (tertiary/aromatic N) is 4. The van der Waals surface area contributed by atoms with E-state index in [-0.39, 0.29) is 10.8 Å². The van der Waals surface area contributed by atoms with Crippen LogP contribution in [0.1, 0.15) is 60.5 Å². The molecule has 0 spiro atoms. The van der Waals surface area contributed by atoms with Gasteiger partial charge in [0.05, 0.1) is 21.7 Å². The van der Waals surface area contributed by atoms with Crippen LogP contribution in [0.25, 0.3) is 10.2 Å². The van der Waals surface area contributed by atoms with Crippen LogP contribution in [0, 0.1) is 0 Å². The third-order valence-corrected chi connectivity index (χ3v) is 9.61. The van der Waals surface area contributed by atoms with E-state index < -0.39 is 10.0 Å². The van der Waals surface area contributed by atoms with Gasteiger partial charge in [0.2, 0.25) is 10.0 Å². The maximum atomic E-state index is 13.8. The first-order valence-electron chi connectivity index (χ1n) is 12.5. The van der Waals surface area contributed by atoms with Crippen molar-refractivity contribution in [2.24, 2.45) is 0 Å². The van der Waals surface area contributed by atoms with Gasteiger partial charge < -0.3 is 0 Å². The summed E-state index contributed by atoms with van der Waals surface area (Å²) in [5, 5.41) is 0.599. The fraction of sp³-hybridized carbons (Fsp3) is 0.321. The van der Waals surface area contributed by atoms with Gasteiger partial charge in [-0.05, 0) is 66.3 Å². The summed E-state index contributed by atoms with van der Waals surface area (Å²) in [4.78, 5) is 24.8. The molecule has 7 nitrogen and oxygen atoms in total. The van der Waals surface area contributed by atoms with Crippen LogP contribution in [0.4, 0.5) is 5.13 Å². The first-order chi connectivity index (χ1) is 17.8. The van der Waals surface area contributed by atoms with Gasteiger partial charge in [-0.15, -0.1) is 0 Å².